The standard InChI is InChI=1S/C31H33O2/c1-30(2,3)26-20-22(32-28-18-12-10-16-24(26)28)14-8-7-9-15-23-21-27(31(4,5)6)25-17-11-13-19-29(25)33-23/h7-21H,1-6H3/q+1. The lowest BCUT2D eigenvalue weighted by Crippen LogP contribution is -2.14. The van der Waals surface area contributed by atoms with E-state index in [1.54, 1.807) is 0 Å². The van der Waals surface area contributed by atoms with E-state index in [0.29, 0.717) is 0 Å². The molecule has 0 N–H and O–H groups in total. The van der Waals surface area contributed by atoms with Gasteiger partial charge in [-0.05, 0) is 46.3 Å². The highest BCUT2D eigenvalue weighted by Gasteiger charge is 2.26. The van der Waals surface area contributed by atoms with E-state index >= 15 is 0 Å². The maximum absolute atomic E-state index is 6.11. The van der Waals surface area contributed by atoms with Crippen LogP contribution in [0.5, 0.6) is 5.75 Å². The average molecular weight is 438 g/mol. The van der Waals surface area contributed by atoms with Crippen LogP contribution in [-0.4, -0.2) is 0 Å². The summed E-state index contributed by atoms with van der Waals surface area (Å²) >= 11 is 0. The Morgan fingerprint density at radius 3 is 2.27 bits per heavy atom. The topological polar surface area (TPSA) is 20.5 Å². The Hall–Kier alpha value is -3.39. The summed E-state index contributed by atoms with van der Waals surface area (Å²) in [6.45, 7) is 13.4. The summed E-state index contributed by atoms with van der Waals surface area (Å²) in [5.74, 6) is 2.59. The van der Waals surface area contributed by atoms with Crippen LogP contribution in [-0.2, 0) is 5.41 Å². The number of benzene rings is 2. The first-order valence-corrected chi connectivity index (χ1v) is 11.5. The Labute approximate surface area is 197 Å². The molecule has 3 aromatic rings. The average Bonchev–Trinajstić information content (AvgIpc) is 2.76. The molecule has 1 aromatic heterocycles. The first kappa shape index (κ1) is 22.8. The van der Waals surface area contributed by atoms with E-state index in [2.05, 4.69) is 78.0 Å². The van der Waals surface area contributed by atoms with Gasteiger partial charge in [-0.1, -0.05) is 90.1 Å². The second-order valence-electron chi connectivity index (χ2n) is 10.5. The van der Waals surface area contributed by atoms with Gasteiger partial charge in [0.15, 0.2) is 0 Å². The Kier molecular flexibility index (Phi) is 6.12. The second-order valence-corrected chi connectivity index (χ2v) is 10.5. The van der Waals surface area contributed by atoms with E-state index in [1.165, 1.54) is 22.1 Å². The largest absolute Gasteiger partial charge is 0.457 e. The molecule has 4 rings (SSSR count). The zero-order valence-electron chi connectivity index (χ0n) is 20.5. The van der Waals surface area contributed by atoms with Gasteiger partial charge in [0.2, 0.25) is 0 Å². The zero-order valence-corrected chi connectivity index (χ0v) is 20.5. The van der Waals surface area contributed by atoms with Crippen molar-refractivity contribution < 1.29 is 9.15 Å². The monoisotopic (exact) mass is 437 g/mol. The Morgan fingerprint density at radius 1 is 0.788 bits per heavy atom. The summed E-state index contributed by atoms with van der Waals surface area (Å²) in [5.41, 5.74) is 4.70. The van der Waals surface area contributed by atoms with Crippen LogP contribution in [0.3, 0.4) is 0 Å². The Bertz CT molecular complexity index is 1290. The van der Waals surface area contributed by atoms with Crippen molar-refractivity contribution in [3.63, 3.8) is 0 Å². The number of rotatable bonds is 3. The number of ether oxygens (including phenoxy) is 1. The van der Waals surface area contributed by atoms with Crippen LogP contribution in [0.2, 0.25) is 0 Å². The van der Waals surface area contributed by atoms with Gasteiger partial charge in [0.1, 0.15) is 11.5 Å². The summed E-state index contributed by atoms with van der Waals surface area (Å²) in [5, 5.41) is 1.17. The highest BCUT2D eigenvalue weighted by molar-refractivity contribution is 5.82. The molecule has 1 aliphatic heterocycles. The van der Waals surface area contributed by atoms with Crippen LogP contribution >= 0.6 is 0 Å². The fourth-order valence-electron chi connectivity index (χ4n) is 4.08. The highest BCUT2D eigenvalue weighted by Crippen LogP contribution is 2.42. The second kappa shape index (κ2) is 8.86. The summed E-state index contributed by atoms with van der Waals surface area (Å²) in [6, 6.07) is 18.6. The Morgan fingerprint density at radius 2 is 1.52 bits per heavy atom. The fraction of sp³-hybridized carbons (Fsp3) is 0.258. The van der Waals surface area contributed by atoms with E-state index in [0.717, 1.165) is 22.9 Å². The van der Waals surface area contributed by atoms with Gasteiger partial charge in [0.25, 0.3) is 0 Å². The van der Waals surface area contributed by atoms with Crippen molar-refractivity contribution in [1.29, 1.82) is 0 Å². The summed E-state index contributed by atoms with van der Waals surface area (Å²) in [7, 11) is 0. The summed E-state index contributed by atoms with van der Waals surface area (Å²) in [6.07, 6.45) is 12.2. The quantitative estimate of drug-likeness (QED) is 0.301. The van der Waals surface area contributed by atoms with Gasteiger partial charge in [0, 0.05) is 23.8 Å². The summed E-state index contributed by atoms with van der Waals surface area (Å²) < 4.78 is 12.2. The van der Waals surface area contributed by atoms with Gasteiger partial charge in [-0.25, -0.2) is 4.42 Å². The zero-order chi connectivity index (χ0) is 23.6. The number of hydrogen-bond donors (Lipinski definition) is 0. The molecular formula is C31H33O2+. The number of hydrogen-bond acceptors (Lipinski definition) is 1. The molecule has 2 nitrogen and oxygen atoms in total. The van der Waals surface area contributed by atoms with Crippen molar-refractivity contribution in [2.24, 2.45) is 5.41 Å². The molecule has 0 amide bonds. The van der Waals surface area contributed by atoms with Gasteiger partial charge in [0.05, 0.1) is 5.39 Å². The lowest BCUT2D eigenvalue weighted by Gasteiger charge is -2.29. The number of allylic oxidation sites excluding steroid dienone is 6. The highest BCUT2D eigenvalue weighted by atomic mass is 16.5. The lowest BCUT2D eigenvalue weighted by molar-refractivity contribution is 0.430. The number of fused-ring (bicyclic) bond motifs is 2. The third kappa shape index (κ3) is 5.17. The first-order valence-electron chi connectivity index (χ1n) is 11.5. The molecule has 1 aliphatic rings. The van der Waals surface area contributed by atoms with Gasteiger partial charge in [-0.3, -0.25) is 0 Å². The minimum absolute atomic E-state index is 0.0327. The molecule has 0 atom stereocenters. The van der Waals surface area contributed by atoms with E-state index in [9.17, 15) is 0 Å². The van der Waals surface area contributed by atoms with Crippen molar-refractivity contribution in [2.45, 2.75) is 47.0 Å². The lowest BCUT2D eigenvalue weighted by atomic mass is 9.80. The van der Waals surface area contributed by atoms with Gasteiger partial charge < -0.3 is 4.74 Å². The van der Waals surface area contributed by atoms with Gasteiger partial charge in [-0.2, -0.15) is 0 Å². The van der Waals surface area contributed by atoms with Crippen molar-refractivity contribution in [3.05, 3.63) is 108 Å². The first-order chi connectivity index (χ1) is 15.6. The van der Waals surface area contributed by atoms with Crippen LogP contribution in [0, 0.1) is 5.41 Å². The molecule has 0 bridgehead atoms. The Balaban J connectivity index is 1.58. The van der Waals surface area contributed by atoms with Crippen molar-refractivity contribution >= 4 is 22.6 Å². The summed E-state index contributed by atoms with van der Waals surface area (Å²) in [4.78, 5) is 0. The molecular weight excluding hydrogens is 404 g/mol. The molecule has 2 heteroatoms. The predicted molar refractivity (Wildman–Crippen MR) is 140 cm³/mol. The molecule has 0 spiro atoms. The minimum Gasteiger partial charge on any atom is -0.457 e. The van der Waals surface area contributed by atoms with E-state index < -0.39 is 0 Å². The molecule has 2 aromatic carbocycles. The van der Waals surface area contributed by atoms with E-state index in [4.69, 9.17) is 9.15 Å². The molecule has 168 valence electrons. The minimum atomic E-state index is 0.0327. The third-order valence-corrected chi connectivity index (χ3v) is 5.74. The maximum atomic E-state index is 6.11. The molecule has 0 saturated carbocycles. The van der Waals surface area contributed by atoms with Gasteiger partial charge >= 0.3 is 11.3 Å². The molecule has 33 heavy (non-hydrogen) atoms. The SMILES string of the molecule is CC(C)(C)C1=C/C(=C/C=C/C=C\c2cc(C(C)(C)C)c3ccccc3[o+]2)Oc2ccccc21. The maximum Gasteiger partial charge on any atom is 0.361 e. The van der Waals surface area contributed by atoms with Crippen LogP contribution in [0.1, 0.15) is 58.4 Å². The molecule has 0 saturated heterocycles. The molecule has 0 unspecified atom stereocenters. The molecule has 0 fully saturated rings. The van der Waals surface area contributed by atoms with E-state index in [1.807, 2.05) is 54.6 Å². The number of para-hydroxylation sites is 2. The van der Waals surface area contributed by atoms with Crippen molar-refractivity contribution in [1.82, 2.24) is 0 Å². The fourth-order valence-corrected chi connectivity index (χ4v) is 4.08. The van der Waals surface area contributed by atoms with Crippen molar-refractivity contribution in [2.75, 3.05) is 0 Å². The molecule has 0 radical (unpaired) electrons. The smallest absolute Gasteiger partial charge is 0.361 e. The van der Waals surface area contributed by atoms with Crippen molar-refractivity contribution in [3.8, 4) is 5.75 Å². The van der Waals surface area contributed by atoms with Gasteiger partial charge in [-0.15, -0.1) is 0 Å². The van der Waals surface area contributed by atoms with Crippen LogP contribution < -0.4 is 4.74 Å². The molecule has 2 heterocycles. The van der Waals surface area contributed by atoms with Crippen LogP contribution in [0.15, 0.2) is 95.2 Å². The third-order valence-electron chi connectivity index (χ3n) is 5.74. The van der Waals surface area contributed by atoms with Crippen LogP contribution in [0.4, 0.5) is 0 Å². The normalized spacial score (nSPS) is 15.8. The predicted octanol–water partition coefficient (Wildman–Crippen LogP) is 8.99. The molecule has 0 aliphatic carbocycles. The van der Waals surface area contributed by atoms with Crippen LogP contribution in [0.25, 0.3) is 22.6 Å². The van der Waals surface area contributed by atoms with E-state index in [-0.39, 0.29) is 10.8 Å².